The summed E-state index contributed by atoms with van der Waals surface area (Å²) in [6.45, 7) is 2.56. The molecule has 4 rings (SSSR count). The molecule has 8 heteroatoms. The van der Waals surface area contributed by atoms with Crippen LogP contribution in [0.25, 0.3) is 0 Å². The highest BCUT2D eigenvalue weighted by Crippen LogP contribution is 2.38. The number of non-ortho nitro benzene ring substituents is 1. The molecular weight excluding hydrogens is 376 g/mol. The minimum Gasteiger partial charge on any atom is -0.491 e. The zero-order valence-electron chi connectivity index (χ0n) is 16.0. The Kier molecular flexibility index (Phi) is 5.82. The highest BCUT2D eigenvalue weighted by Gasteiger charge is 2.29. The molecule has 2 aromatic carbocycles. The van der Waals surface area contributed by atoms with E-state index in [1.54, 1.807) is 12.1 Å². The van der Waals surface area contributed by atoms with Crippen LogP contribution in [0.15, 0.2) is 42.5 Å². The van der Waals surface area contributed by atoms with Crippen molar-refractivity contribution < 1.29 is 24.2 Å². The van der Waals surface area contributed by atoms with Crippen LogP contribution >= 0.6 is 0 Å². The number of β-amino-alcohol motifs (C(OH)–C–C–N with tert-alkyl or cyclic N) is 1. The number of aliphatic hydroxyl groups is 1. The lowest BCUT2D eigenvalue weighted by atomic mass is 10.0. The van der Waals surface area contributed by atoms with E-state index in [0.717, 1.165) is 36.4 Å². The Morgan fingerprint density at radius 2 is 2.03 bits per heavy atom. The number of nitro benzene ring substituents is 1. The van der Waals surface area contributed by atoms with Crippen molar-refractivity contribution in [3.63, 3.8) is 0 Å². The van der Waals surface area contributed by atoms with E-state index in [-0.39, 0.29) is 18.3 Å². The van der Waals surface area contributed by atoms with E-state index in [1.807, 2.05) is 12.1 Å². The van der Waals surface area contributed by atoms with E-state index in [4.69, 9.17) is 14.2 Å². The average molecular weight is 400 g/mol. The number of ether oxygens (including phenoxy) is 3. The predicted octanol–water partition coefficient (Wildman–Crippen LogP) is 2.94. The minimum absolute atomic E-state index is 0.0322. The Labute approximate surface area is 168 Å². The number of benzene rings is 2. The van der Waals surface area contributed by atoms with Crippen molar-refractivity contribution in [2.24, 2.45) is 0 Å². The Hall–Kier alpha value is -2.84. The quantitative estimate of drug-likeness (QED) is 0.564. The molecule has 1 saturated heterocycles. The van der Waals surface area contributed by atoms with Crippen LogP contribution in [0.1, 0.15) is 24.4 Å². The van der Waals surface area contributed by atoms with Gasteiger partial charge in [-0.25, -0.2) is 0 Å². The zero-order chi connectivity index (χ0) is 20.2. The molecule has 29 heavy (non-hydrogen) atoms. The number of nitrogens with zero attached hydrogens (tertiary/aromatic N) is 2. The van der Waals surface area contributed by atoms with Gasteiger partial charge in [-0.15, -0.1) is 0 Å². The van der Waals surface area contributed by atoms with E-state index < -0.39 is 11.0 Å². The zero-order valence-corrected chi connectivity index (χ0v) is 16.0. The predicted molar refractivity (Wildman–Crippen MR) is 106 cm³/mol. The van der Waals surface area contributed by atoms with Gasteiger partial charge in [-0.3, -0.25) is 15.0 Å². The number of aliphatic hydroxyl groups excluding tert-OH is 1. The summed E-state index contributed by atoms with van der Waals surface area (Å²) in [5, 5.41) is 21.3. The van der Waals surface area contributed by atoms with Gasteiger partial charge in [0.15, 0.2) is 11.5 Å². The van der Waals surface area contributed by atoms with Gasteiger partial charge in [-0.2, -0.15) is 0 Å². The SMILES string of the molecule is O=[N+]([O-])c1cccc(OCC(O)CN2CCCC2c2ccc3c(c2)OCCO3)c1. The maximum absolute atomic E-state index is 10.9. The molecule has 0 amide bonds. The molecule has 1 fully saturated rings. The number of rotatable bonds is 7. The van der Waals surface area contributed by atoms with Crippen molar-refractivity contribution in [1.29, 1.82) is 0 Å². The first-order valence-corrected chi connectivity index (χ1v) is 9.79. The summed E-state index contributed by atoms with van der Waals surface area (Å²) in [7, 11) is 0. The van der Waals surface area contributed by atoms with E-state index in [1.165, 1.54) is 12.1 Å². The maximum Gasteiger partial charge on any atom is 0.273 e. The molecule has 0 aliphatic carbocycles. The van der Waals surface area contributed by atoms with Gasteiger partial charge in [-0.05, 0) is 43.1 Å². The molecule has 0 spiro atoms. The van der Waals surface area contributed by atoms with Gasteiger partial charge < -0.3 is 19.3 Å². The van der Waals surface area contributed by atoms with E-state index in [2.05, 4.69) is 11.0 Å². The third kappa shape index (κ3) is 4.60. The lowest BCUT2D eigenvalue weighted by molar-refractivity contribution is -0.384. The van der Waals surface area contributed by atoms with Gasteiger partial charge in [0.2, 0.25) is 0 Å². The topological polar surface area (TPSA) is 94.3 Å². The van der Waals surface area contributed by atoms with Crippen molar-refractivity contribution in [3.8, 4) is 17.2 Å². The number of hydrogen-bond donors (Lipinski definition) is 1. The van der Waals surface area contributed by atoms with Crippen LogP contribution in [-0.4, -0.2) is 53.9 Å². The summed E-state index contributed by atoms with van der Waals surface area (Å²) < 4.78 is 16.9. The molecular formula is C21H24N2O6. The van der Waals surface area contributed by atoms with Gasteiger partial charge in [0, 0.05) is 18.7 Å². The molecule has 0 saturated carbocycles. The summed E-state index contributed by atoms with van der Waals surface area (Å²) >= 11 is 0. The summed E-state index contributed by atoms with van der Waals surface area (Å²) in [6, 6.07) is 12.2. The standard InChI is InChI=1S/C21H24N2O6/c24-17(14-29-18-4-1-3-16(12-18)23(25)26)13-22-8-2-5-19(22)15-6-7-20-21(11-15)28-10-9-27-20/h1,3-4,6-7,11-12,17,19,24H,2,5,8-10,13-14H2. The largest absolute Gasteiger partial charge is 0.491 e. The molecule has 8 nitrogen and oxygen atoms in total. The lowest BCUT2D eigenvalue weighted by Crippen LogP contribution is -2.35. The smallest absolute Gasteiger partial charge is 0.273 e. The van der Waals surface area contributed by atoms with Gasteiger partial charge in [0.1, 0.15) is 31.7 Å². The third-order valence-electron chi connectivity index (χ3n) is 5.23. The second kappa shape index (κ2) is 8.67. The molecule has 0 bridgehead atoms. The highest BCUT2D eigenvalue weighted by atomic mass is 16.6. The fourth-order valence-corrected chi connectivity index (χ4v) is 3.89. The van der Waals surface area contributed by atoms with Crippen molar-refractivity contribution in [2.75, 3.05) is 32.9 Å². The Balaban J connectivity index is 1.36. The first-order valence-electron chi connectivity index (χ1n) is 9.79. The van der Waals surface area contributed by atoms with Crippen molar-refractivity contribution in [1.82, 2.24) is 4.90 Å². The molecule has 1 N–H and O–H groups in total. The van der Waals surface area contributed by atoms with Gasteiger partial charge in [0.05, 0.1) is 11.0 Å². The van der Waals surface area contributed by atoms with Crippen LogP contribution in [0.5, 0.6) is 17.2 Å². The van der Waals surface area contributed by atoms with Crippen LogP contribution in [0.3, 0.4) is 0 Å². The van der Waals surface area contributed by atoms with E-state index in [0.29, 0.717) is 25.5 Å². The van der Waals surface area contributed by atoms with Crippen LogP contribution in [-0.2, 0) is 0 Å². The Morgan fingerprint density at radius 1 is 1.21 bits per heavy atom. The summed E-state index contributed by atoms with van der Waals surface area (Å²) in [5.74, 6) is 1.92. The van der Waals surface area contributed by atoms with Crippen LogP contribution in [0.2, 0.25) is 0 Å². The van der Waals surface area contributed by atoms with Crippen LogP contribution < -0.4 is 14.2 Å². The molecule has 2 aromatic rings. The normalized spacial score (nSPS) is 19.7. The average Bonchev–Trinajstić information content (AvgIpc) is 3.20. The fourth-order valence-electron chi connectivity index (χ4n) is 3.89. The molecule has 0 radical (unpaired) electrons. The highest BCUT2D eigenvalue weighted by molar-refractivity contribution is 5.45. The van der Waals surface area contributed by atoms with Crippen LogP contribution in [0.4, 0.5) is 5.69 Å². The molecule has 2 aliphatic rings. The lowest BCUT2D eigenvalue weighted by Gasteiger charge is -2.28. The molecule has 2 heterocycles. The number of likely N-dealkylation sites (tertiary alicyclic amines) is 1. The number of nitro groups is 1. The monoisotopic (exact) mass is 400 g/mol. The molecule has 2 unspecified atom stereocenters. The first-order chi connectivity index (χ1) is 14.1. The van der Waals surface area contributed by atoms with Crippen molar-refractivity contribution in [3.05, 3.63) is 58.1 Å². The van der Waals surface area contributed by atoms with Gasteiger partial charge in [-0.1, -0.05) is 12.1 Å². The summed E-state index contributed by atoms with van der Waals surface area (Å²) in [6.07, 6.45) is 1.36. The van der Waals surface area contributed by atoms with E-state index in [9.17, 15) is 15.2 Å². The Morgan fingerprint density at radius 3 is 2.86 bits per heavy atom. The second-order valence-corrected chi connectivity index (χ2v) is 7.28. The molecule has 2 aliphatic heterocycles. The second-order valence-electron chi connectivity index (χ2n) is 7.28. The number of fused-ring (bicyclic) bond motifs is 1. The molecule has 2 atom stereocenters. The summed E-state index contributed by atoms with van der Waals surface area (Å²) in [4.78, 5) is 12.6. The fraction of sp³-hybridized carbons (Fsp3) is 0.429. The van der Waals surface area contributed by atoms with Gasteiger partial charge in [0.25, 0.3) is 5.69 Å². The minimum atomic E-state index is -0.702. The van der Waals surface area contributed by atoms with Crippen molar-refractivity contribution in [2.45, 2.75) is 25.0 Å². The van der Waals surface area contributed by atoms with E-state index >= 15 is 0 Å². The third-order valence-corrected chi connectivity index (χ3v) is 5.23. The first kappa shape index (κ1) is 19.5. The maximum atomic E-state index is 10.9. The summed E-state index contributed by atoms with van der Waals surface area (Å²) in [5.41, 5.74) is 1.12. The van der Waals surface area contributed by atoms with Crippen molar-refractivity contribution >= 4 is 5.69 Å². The Bertz CT molecular complexity index is 874. The molecule has 0 aromatic heterocycles. The van der Waals surface area contributed by atoms with Gasteiger partial charge >= 0.3 is 0 Å². The van der Waals surface area contributed by atoms with Crippen LogP contribution in [0, 0.1) is 10.1 Å². The molecule has 154 valence electrons. The number of hydrogen-bond acceptors (Lipinski definition) is 7.